The smallest absolute Gasteiger partial charge is 0.142 e. The van der Waals surface area contributed by atoms with E-state index in [2.05, 4.69) is 34.5 Å². The van der Waals surface area contributed by atoms with Crippen molar-refractivity contribution in [1.29, 1.82) is 0 Å². The number of rotatable bonds is 7. The van der Waals surface area contributed by atoms with E-state index in [1.807, 2.05) is 6.07 Å². The average molecular weight is 390 g/mol. The third-order valence-electron chi connectivity index (χ3n) is 5.74. The molecule has 6 nitrogen and oxygen atoms in total. The van der Waals surface area contributed by atoms with Crippen LogP contribution in [0.2, 0.25) is 5.02 Å². The number of nitrogen functional groups attached to an aromatic ring is 1. The first-order valence-electron chi connectivity index (χ1n) is 9.68. The summed E-state index contributed by atoms with van der Waals surface area (Å²) >= 11 is 6.17. The highest BCUT2D eigenvalue weighted by Gasteiger charge is 2.57. The Morgan fingerprint density at radius 1 is 1.30 bits per heavy atom. The predicted molar refractivity (Wildman–Crippen MR) is 108 cm³/mol. The normalized spacial score (nSPS) is 24.6. The molecule has 0 radical (unpaired) electrons. The molecule has 0 aromatic carbocycles. The predicted octanol–water partition coefficient (Wildman–Crippen LogP) is 3.13. The largest absolute Gasteiger partial charge is 0.383 e. The lowest BCUT2D eigenvalue weighted by molar-refractivity contribution is 0.153. The van der Waals surface area contributed by atoms with Crippen LogP contribution in [0.3, 0.4) is 0 Å². The first kappa shape index (κ1) is 18.7. The maximum absolute atomic E-state index is 6.17. The van der Waals surface area contributed by atoms with Crippen LogP contribution in [-0.4, -0.2) is 53.0 Å². The van der Waals surface area contributed by atoms with Crippen molar-refractivity contribution in [2.24, 2.45) is 17.8 Å². The first-order valence-corrected chi connectivity index (χ1v) is 10.1. The van der Waals surface area contributed by atoms with E-state index in [4.69, 9.17) is 27.2 Å². The van der Waals surface area contributed by atoms with Gasteiger partial charge in [-0.15, -0.1) is 0 Å². The minimum atomic E-state index is 0.357. The fourth-order valence-electron chi connectivity index (χ4n) is 4.38. The highest BCUT2D eigenvalue weighted by atomic mass is 35.5. The van der Waals surface area contributed by atoms with E-state index in [0.717, 1.165) is 55.9 Å². The number of anilines is 1. The molecule has 7 heteroatoms. The number of likely N-dealkylation sites (tertiary alicyclic amines) is 1. The number of aromatic nitrogens is 3. The van der Waals surface area contributed by atoms with Crippen LogP contribution in [0.4, 0.5) is 5.82 Å². The average Bonchev–Trinajstić information content (AvgIpc) is 2.97. The van der Waals surface area contributed by atoms with Crippen LogP contribution in [0.25, 0.3) is 11.3 Å². The molecule has 1 aliphatic heterocycles. The van der Waals surface area contributed by atoms with Crippen molar-refractivity contribution in [3.8, 4) is 11.3 Å². The number of hydrogen-bond donors (Lipinski definition) is 1. The number of piperidine rings is 1. The summed E-state index contributed by atoms with van der Waals surface area (Å²) in [6.07, 6.45) is 1.76. The maximum Gasteiger partial charge on any atom is 0.142 e. The molecule has 0 bridgehead atoms. The summed E-state index contributed by atoms with van der Waals surface area (Å²) in [6.45, 7) is 9.55. The number of halogens is 1. The number of pyridine rings is 1. The summed E-state index contributed by atoms with van der Waals surface area (Å²) in [5.74, 6) is 2.99. The van der Waals surface area contributed by atoms with E-state index in [1.54, 1.807) is 13.3 Å². The van der Waals surface area contributed by atoms with Crippen molar-refractivity contribution in [3.63, 3.8) is 0 Å². The number of nitrogens with two attached hydrogens (primary N) is 1. The van der Waals surface area contributed by atoms with Crippen molar-refractivity contribution in [2.45, 2.75) is 26.3 Å². The molecule has 27 heavy (non-hydrogen) atoms. The molecule has 0 amide bonds. The first-order chi connectivity index (χ1) is 13.0. The van der Waals surface area contributed by atoms with Gasteiger partial charge in [-0.25, -0.2) is 4.98 Å². The van der Waals surface area contributed by atoms with Gasteiger partial charge >= 0.3 is 0 Å². The van der Waals surface area contributed by atoms with Gasteiger partial charge in [0.2, 0.25) is 0 Å². The van der Waals surface area contributed by atoms with Gasteiger partial charge in [0.25, 0.3) is 0 Å². The number of fused-ring (bicyclic) bond motifs is 1. The number of ether oxygens (including phenoxy) is 1. The van der Waals surface area contributed by atoms with Crippen molar-refractivity contribution in [3.05, 3.63) is 29.0 Å². The fraction of sp³-hybridized carbons (Fsp3) is 0.600. The minimum Gasteiger partial charge on any atom is -0.383 e. The summed E-state index contributed by atoms with van der Waals surface area (Å²) in [5.41, 5.74) is 8.96. The third-order valence-corrected chi connectivity index (χ3v) is 6.04. The topological polar surface area (TPSA) is 69.2 Å². The van der Waals surface area contributed by atoms with E-state index in [1.165, 1.54) is 5.69 Å². The van der Waals surface area contributed by atoms with Crippen LogP contribution >= 0.6 is 11.6 Å². The Morgan fingerprint density at radius 2 is 2.04 bits per heavy atom. The van der Waals surface area contributed by atoms with E-state index in [9.17, 15) is 0 Å². The quantitative estimate of drug-likeness (QED) is 0.787. The standard InChI is InChI=1S/C20H28ClN5O/c1-12(2)9-26-18(19-14-10-25(4-5-27-3)11-15(14)19)7-17(24-26)13-6-16(21)20(22)23-8-13/h6-8,12,14-15,19H,4-5,9-11H2,1-3H3,(H2,22,23)/t14-,15+,19-. The van der Waals surface area contributed by atoms with Crippen molar-refractivity contribution in [2.75, 3.05) is 39.1 Å². The molecule has 3 atom stereocenters. The molecule has 2 N–H and O–H groups in total. The van der Waals surface area contributed by atoms with Gasteiger partial charge in [-0.05, 0) is 29.9 Å². The Hall–Kier alpha value is -1.63. The van der Waals surface area contributed by atoms with Crippen LogP contribution in [0.1, 0.15) is 25.5 Å². The van der Waals surface area contributed by atoms with Crippen LogP contribution in [0.5, 0.6) is 0 Å². The molecule has 2 aromatic heterocycles. The highest BCUT2D eigenvalue weighted by molar-refractivity contribution is 6.33. The van der Waals surface area contributed by atoms with Crippen molar-refractivity contribution < 1.29 is 4.74 Å². The van der Waals surface area contributed by atoms with E-state index >= 15 is 0 Å². The number of methoxy groups -OCH3 is 1. The van der Waals surface area contributed by atoms with Gasteiger partial charge in [-0.2, -0.15) is 5.10 Å². The second kappa shape index (κ2) is 7.41. The summed E-state index contributed by atoms with van der Waals surface area (Å²) in [6, 6.07) is 4.09. The van der Waals surface area contributed by atoms with Crippen LogP contribution in [-0.2, 0) is 11.3 Å². The van der Waals surface area contributed by atoms with Gasteiger partial charge < -0.3 is 15.4 Å². The number of nitrogens with zero attached hydrogens (tertiary/aromatic N) is 4. The molecule has 146 valence electrons. The molecule has 4 rings (SSSR count). The summed E-state index contributed by atoms with van der Waals surface area (Å²) < 4.78 is 7.42. The lowest BCUT2D eigenvalue weighted by atomic mass is 10.1. The lowest BCUT2D eigenvalue weighted by Gasteiger charge is -2.19. The molecular formula is C20H28ClN5O. The van der Waals surface area contributed by atoms with Gasteiger partial charge in [0.15, 0.2) is 0 Å². The molecule has 0 spiro atoms. The third kappa shape index (κ3) is 3.71. The van der Waals surface area contributed by atoms with Crippen LogP contribution in [0.15, 0.2) is 18.3 Å². The van der Waals surface area contributed by atoms with Gasteiger partial charge in [-0.3, -0.25) is 4.68 Å². The minimum absolute atomic E-state index is 0.357. The zero-order valence-corrected chi connectivity index (χ0v) is 17.0. The van der Waals surface area contributed by atoms with E-state index in [0.29, 0.717) is 22.7 Å². The molecular weight excluding hydrogens is 362 g/mol. The Bertz CT molecular complexity index is 809. The molecule has 1 saturated carbocycles. The van der Waals surface area contributed by atoms with Gasteiger partial charge in [0.1, 0.15) is 5.82 Å². The summed E-state index contributed by atoms with van der Waals surface area (Å²) in [5, 5.41) is 5.37. The molecule has 2 fully saturated rings. The SMILES string of the molecule is COCCN1C[C@@H]2[C@H](C1)[C@@H]2c1cc(-c2cnc(N)c(Cl)c2)nn1CC(C)C. The summed E-state index contributed by atoms with van der Waals surface area (Å²) in [4.78, 5) is 6.71. The van der Waals surface area contributed by atoms with Crippen molar-refractivity contribution >= 4 is 17.4 Å². The monoisotopic (exact) mass is 389 g/mol. The molecule has 1 saturated heterocycles. The zero-order chi connectivity index (χ0) is 19.1. The Kier molecular flexibility index (Phi) is 5.14. The lowest BCUT2D eigenvalue weighted by Crippen LogP contribution is -2.28. The zero-order valence-electron chi connectivity index (χ0n) is 16.2. The highest BCUT2D eigenvalue weighted by Crippen LogP contribution is 2.58. The van der Waals surface area contributed by atoms with Gasteiger partial charge in [0.05, 0.1) is 17.3 Å². The van der Waals surface area contributed by atoms with Gasteiger partial charge in [0, 0.05) is 56.7 Å². The second-order valence-corrected chi connectivity index (χ2v) is 8.63. The van der Waals surface area contributed by atoms with Crippen LogP contribution in [0, 0.1) is 17.8 Å². The fourth-order valence-corrected chi connectivity index (χ4v) is 4.54. The summed E-state index contributed by atoms with van der Waals surface area (Å²) in [7, 11) is 1.77. The van der Waals surface area contributed by atoms with Crippen LogP contribution < -0.4 is 5.73 Å². The Balaban J connectivity index is 1.56. The molecule has 3 heterocycles. The molecule has 1 aliphatic carbocycles. The molecule has 2 aliphatic rings. The Morgan fingerprint density at radius 3 is 2.67 bits per heavy atom. The molecule has 0 unspecified atom stereocenters. The maximum atomic E-state index is 6.17. The number of hydrogen-bond acceptors (Lipinski definition) is 5. The second-order valence-electron chi connectivity index (χ2n) is 8.23. The van der Waals surface area contributed by atoms with Gasteiger partial charge in [-0.1, -0.05) is 25.4 Å². The molecule has 2 aromatic rings. The van der Waals surface area contributed by atoms with E-state index in [-0.39, 0.29) is 0 Å². The van der Waals surface area contributed by atoms with Crippen molar-refractivity contribution in [1.82, 2.24) is 19.7 Å². The Labute approximate surface area is 165 Å². The van der Waals surface area contributed by atoms with E-state index < -0.39 is 0 Å².